The summed E-state index contributed by atoms with van der Waals surface area (Å²) in [4.78, 5) is 24.8. The van der Waals surface area contributed by atoms with Crippen LogP contribution < -0.4 is 10.6 Å². The highest BCUT2D eigenvalue weighted by Crippen LogP contribution is 2.31. The number of anilines is 1. The summed E-state index contributed by atoms with van der Waals surface area (Å²) in [5.41, 5.74) is 6.62. The van der Waals surface area contributed by atoms with Crippen molar-refractivity contribution >= 4 is 17.6 Å². The number of amides is 2. The Balaban J connectivity index is 1.49. The summed E-state index contributed by atoms with van der Waals surface area (Å²) < 4.78 is 1.81. The molecular formula is C18H27N7O. The average Bonchev–Trinajstić information content (AvgIpc) is 2.96. The number of likely N-dealkylation sites (tertiary alicyclic amines) is 1. The maximum absolute atomic E-state index is 11.9. The van der Waals surface area contributed by atoms with Crippen LogP contribution in [0.3, 0.4) is 0 Å². The lowest BCUT2D eigenvalue weighted by molar-refractivity contribution is 0.143. The second-order valence-electron chi connectivity index (χ2n) is 7.50. The molecule has 4 heterocycles. The van der Waals surface area contributed by atoms with Crippen LogP contribution in [-0.2, 0) is 0 Å². The minimum atomic E-state index is -0.256. The first-order chi connectivity index (χ1) is 12.6. The molecule has 26 heavy (non-hydrogen) atoms. The van der Waals surface area contributed by atoms with E-state index in [1.165, 1.54) is 12.8 Å². The number of rotatable bonds is 2. The van der Waals surface area contributed by atoms with Crippen molar-refractivity contribution in [2.75, 3.05) is 24.5 Å². The summed E-state index contributed by atoms with van der Waals surface area (Å²) in [5.74, 6) is 2.22. The zero-order chi connectivity index (χ0) is 18.1. The molecule has 2 aromatic rings. The van der Waals surface area contributed by atoms with Crippen molar-refractivity contribution in [1.29, 1.82) is 0 Å². The number of hydrogen-bond acceptors (Lipinski definition) is 5. The van der Waals surface area contributed by atoms with Crippen LogP contribution in [0.25, 0.3) is 5.78 Å². The molecule has 140 valence electrons. The minimum absolute atomic E-state index is 0.256. The SMILES string of the molecule is Cc1cc(N2CCC([C@@H]3CCCCCN3C(N)=O)CC2)n2ncnc2n1. The molecule has 2 saturated heterocycles. The van der Waals surface area contributed by atoms with Crippen LogP contribution in [0.4, 0.5) is 10.6 Å². The molecule has 8 heteroatoms. The van der Waals surface area contributed by atoms with Gasteiger partial charge in [0.1, 0.15) is 12.1 Å². The smallest absolute Gasteiger partial charge is 0.315 e. The van der Waals surface area contributed by atoms with Gasteiger partial charge in [0.2, 0.25) is 0 Å². The summed E-state index contributed by atoms with van der Waals surface area (Å²) in [6.07, 6.45) is 8.21. The molecule has 0 unspecified atom stereocenters. The van der Waals surface area contributed by atoms with Gasteiger partial charge in [-0.25, -0.2) is 9.78 Å². The zero-order valence-electron chi connectivity index (χ0n) is 15.3. The van der Waals surface area contributed by atoms with E-state index >= 15 is 0 Å². The van der Waals surface area contributed by atoms with Gasteiger partial charge in [-0.05, 0) is 38.5 Å². The van der Waals surface area contributed by atoms with E-state index < -0.39 is 0 Å². The van der Waals surface area contributed by atoms with E-state index in [2.05, 4.69) is 26.0 Å². The van der Waals surface area contributed by atoms with E-state index in [-0.39, 0.29) is 6.03 Å². The number of hydrogen-bond donors (Lipinski definition) is 1. The summed E-state index contributed by atoms with van der Waals surface area (Å²) >= 11 is 0. The van der Waals surface area contributed by atoms with Crippen molar-refractivity contribution in [3.8, 4) is 0 Å². The third-order valence-corrected chi connectivity index (χ3v) is 5.85. The number of nitrogens with two attached hydrogens (primary N) is 1. The molecule has 2 aliphatic heterocycles. The van der Waals surface area contributed by atoms with Crippen LogP contribution in [0.2, 0.25) is 0 Å². The fourth-order valence-corrected chi connectivity index (χ4v) is 4.55. The molecule has 0 spiro atoms. The van der Waals surface area contributed by atoms with E-state index in [4.69, 9.17) is 5.73 Å². The van der Waals surface area contributed by atoms with Crippen molar-refractivity contribution < 1.29 is 4.79 Å². The van der Waals surface area contributed by atoms with Gasteiger partial charge >= 0.3 is 6.03 Å². The van der Waals surface area contributed by atoms with Gasteiger partial charge in [0, 0.05) is 37.4 Å². The maximum Gasteiger partial charge on any atom is 0.315 e. The molecule has 0 aromatic carbocycles. The molecule has 2 aliphatic rings. The third-order valence-electron chi connectivity index (χ3n) is 5.85. The number of primary amides is 1. The normalized spacial score (nSPS) is 22.6. The van der Waals surface area contributed by atoms with Gasteiger partial charge in [-0.2, -0.15) is 14.6 Å². The Kier molecular flexibility index (Phi) is 4.65. The Morgan fingerprint density at radius 2 is 1.96 bits per heavy atom. The van der Waals surface area contributed by atoms with Gasteiger partial charge in [0.05, 0.1) is 0 Å². The van der Waals surface area contributed by atoms with Crippen molar-refractivity contribution in [3.05, 3.63) is 18.1 Å². The maximum atomic E-state index is 11.9. The van der Waals surface area contributed by atoms with Crippen molar-refractivity contribution in [2.24, 2.45) is 11.7 Å². The number of carbonyl (C=O) groups excluding carboxylic acids is 1. The zero-order valence-corrected chi connectivity index (χ0v) is 15.3. The Labute approximate surface area is 153 Å². The first kappa shape index (κ1) is 17.1. The molecule has 0 saturated carbocycles. The van der Waals surface area contributed by atoms with Gasteiger partial charge < -0.3 is 15.5 Å². The summed E-state index contributed by atoms with van der Waals surface area (Å²) in [7, 11) is 0. The van der Waals surface area contributed by atoms with E-state index in [1.54, 1.807) is 6.33 Å². The van der Waals surface area contributed by atoms with Gasteiger partial charge in [-0.3, -0.25) is 0 Å². The average molecular weight is 357 g/mol. The molecule has 0 bridgehead atoms. The van der Waals surface area contributed by atoms with Gasteiger partial charge in [0.15, 0.2) is 0 Å². The van der Waals surface area contributed by atoms with Crippen LogP contribution in [0.1, 0.15) is 44.2 Å². The summed E-state index contributed by atoms with van der Waals surface area (Å²) in [5, 5.41) is 4.32. The van der Waals surface area contributed by atoms with Crippen molar-refractivity contribution in [2.45, 2.75) is 51.5 Å². The first-order valence-electron chi connectivity index (χ1n) is 9.62. The van der Waals surface area contributed by atoms with E-state index in [9.17, 15) is 4.79 Å². The lowest BCUT2D eigenvalue weighted by atomic mass is 9.86. The van der Waals surface area contributed by atoms with Gasteiger partial charge in [0.25, 0.3) is 5.78 Å². The summed E-state index contributed by atoms with van der Waals surface area (Å²) in [6.45, 7) is 4.70. The van der Waals surface area contributed by atoms with Crippen LogP contribution in [-0.4, -0.2) is 56.2 Å². The van der Waals surface area contributed by atoms with Crippen LogP contribution in [0, 0.1) is 12.8 Å². The van der Waals surface area contributed by atoms with Crippen LogP contribution in [0.5, 0.6) is 0 Å². The van der Waals surface area contributed by atoms with Crippen molar-refractivity contribution in [1.82, 2.24) is 24.5 Å². The van der Waals surface area contributed by atoms with E-state index in [0.29, 0.717) is 17.7 Å². The largest absolute Gasteiger partial charge is 0.356 e. The Morgan fingerprint density at radius 3 is 2.73 bits per heavy atom. The predicted octanol–water partition coefficient (Wildman–Crippen LogP) is 1.97. The minimum Gasteiger partial charge on any atom is -0.356 e. The molecule has 2 amide bonds. The number of fused-ring (bicyclic) bond motifs is 1. The lowest BCUT2D eigenvalue weighted by Gasteiger charge is -2.40. The lowest BCUT2D eigenvalue weighted by Crippen LogP contribution is -2.49. The van der Waals surface area contributed by atoms with E-state index in [0.717, 1.165) is 56.8 Å². The molecule has 2 N–H and O–H groups in total. The quantitative estimate of drug-likeness (QED) is 0.887. The van der Waals surface area contributed by atoms with Gasteiger partial charge in [-0.1, -0.05) is 12.8 Å². The highest BCUT2D eigenvalue weighted by Gasteiger charge is 2.33. The number of aromatic nitrogens is 4. The van der Waals surface area contributed by atoms with E-state index in [1.807, 2.05) is 16.3 Å². The number of aryl methyl sites for hydroxylation is 1. The Bertz CT molecular complexity index is 781. The predicted molar refractivity (Wildman–Crippen MR) is 99.0 cm³/mol. The standard InChI is InChI=1S/C18H27N7O/c1-13-11-16(25-18(22-13)20-12-21-25)23-9-6-14(7-10-23)15-5-3-2-4-8-24(15)17(19)26/h11-12,14-15H,2-10H2,1H3,(H2,19,26)/t15-/m0/s1. The Morgan fingerprint density at radius 1 is 1.15 bits per heavy atom. The van der Waals surface area contributed by atoms with Crippen LogP contribution in [0.15, 0.2) is 12.4 Å². The molecule has 2 fully saturated rings. The molecular weight excluding hydrogens is 330 g/mol. The fourth-order valence-electron chi connectivity index (χ4n) is 4.55. The topological polar surface area (TPSA) is 92.7 Å². The highest BCUT2D eigenvalue weighted by molar-refractivity contribution is 5.72. The fraction of sp³-hybridized carbons (Fsp3) is 0.667. The second kappa shape index (κ2) is 7.09. The Hall–Kier alpha value is -2.38. The van der Waals surface area contributed by atoms with Crippen molar-refractivity contribution in [3.63, 3.8) is 0 Å². The molecule has 4 rings (SSSR count). The highest BCUT2D eigenvalue weighted by atomic mass is 16.2. The molecule has 1 atom stereocenters. The first-order valence-corrected chi connectivity index (χ1v) is 9.62. The molecule has 2 aromatic heterocycles. The third kappa shape index (κ3) is 3.20. The number of nitrogens with zero attached hydrogens (tertiary/aromatic N) is 6. The number of piperidine rings is 1. The summed E-state index contributed by atoms with van der Waals surface area (Å²) in [6, 6.07) is 2.11. The second-order valence-corrected chi connectivity index (χ2v) is 7.50. The number of carbonyl (C=O) groups is 1. The monoisotopic (exact) mass is 357 g/mol. The molecule has 0 aliphatic carbocycles. The number of urea groups is 1. The molecule has 8 nitrogen and oxygen atoms in total. The van der Waals surface area contributed by atoms with Gasteiger partial charge in [-0.15, -0.1) is 0 Å². The molecule has 0 radical (unpaired) electrons. The van der Waals surface area contributed by atoms with Crippen LogP contribution >= 0.6 is 0 Å².